The molecule has 0 fully saturated rings. The van der Waals surface area contributed by atoms with E-state index in [0.29, 0.717) is 0 Å². The Bertz CT molecular complexity index is 148. The third-order valence-corrected chi connectivity index (χ3v) is 0.907. The van der Waals surface area contributed by atoms with Crippen molar-refractivity contribution in [3.63, 3.8) is 0 Å². The molecule has 0 N–H and O–H groups in total. The molecule has 0 heterocycles. The highest BCUT2D eigenvalue weighted by Gasteiger charge is 1.75. The molecule has 0 aromatic rings. The van der Waals surface area contributed by atoms with Crippen LogP contribution in [-0.2, 0) is 0 Å². The van der Waals surface area contributed by atoms with Crippen molar-refractivity contribution in [1.29, 1.82) is 0 Å². The summed E-state index contributed by atoms with van der Waals surface area (Å²) in [5.74, 6) is 0. The molecule has 0 bridgehead atoms. The topological polar surface area (TPSA) is 12.4 Å². The lowest BCUT2D eigenvalue weighted by Gasteiger charge is -1.85. The first-order valence-corrected chi connectivity index (χ1v) is 2.95. The van der Waals surface area contributed by atoms with Crippen LogP contribution in [0.25, 0.3) is 0 Å². The molecule has 0 aromatic heterocycles. The molecule has 0 amide bonds. The minimum Gasteiger partial charge on any atom is -0.269 e. The number of allylic oxidation sites excluding steroid dienone is 4. The molecule has 1 heteroatoms. The second-order valence-corrected chi connectivity index (χ2v) is 2.21. The van der Waals surface area contributed by atoms with Crippen LogP contribution < -0.4 is 0 Å². The van der Waals surface area contributed by atoms with Gasteiger partial charge in [-0.3, -0.25) is 4.99 Å². The van der Waals surface area contributed by atoms with Crippen LogP contribution in [0.2, 0.25) is 0 Å². The lowest BCUT2D eigenvalue weighted by atomic mass is 10.3. The standard InChI is InChI=1S/C8H13N/c1-7(2)5-6-8(3)9-4/h5-6H,4H2,1-3H3. The first kappa shape index (κ1) is 8.15. The predicted molar refractivity (Wildman–Crippen MR) is 42.7 cm³/mol. The van der Waals surface area contributed by atoms with Crippen LogP contribution in [0, 0.1) is 0 Å². The Kier molecular flexibility index (Phi) is 3.69. The van der Waals surface area contributed by atoms with Crippen molar-refractivity contribution < 1.29 is 0 Å². The Hall–Kier alpha value is -0.850. The van der Waals surface area contributed by atoms with Gasteiger partial charge in [-0.05, 0) is 33.6 Å². The van der Waals surface area contributed by atoms with Crippen LogP contribution in [0.15, 0.2) is 28.4 Å². The number of aliphatic imine (C=N–C) groups is 1. The maximum Gasteiger partial charge on any atom is 0.0365 e. The molecule has 0 radical (unpaired) electrons. The van der Waals surface area contributed by atoms with E-state index >= 15 is 0 Å². The Morgan fingerprint density at radius 3 is 2.11 bits per heavy atom. The minimum absolute atomic E-state index is 0.955. The van der Waals surface area contributed by atoms with E-state index in [1.807, 2.05) is 32.9 Å². The molecule has 0 spiro atoms. The minimum atomic E-state index is 0.955. The largest absolute Gasteiger partial charge is 0.269 e. The zero-order valence-corrected chi connectivity index (χ0v) is 6.31. The third-order valence-electron chi connectivity index (χ3n) is 0.907. The molecule has 0 atom stereocenters. The highest BCUT2D eigenvalue weighted by Crippen LogP contribution is 1.95. The molecule has 0 rings (SSSR count). The normalized spacial score (nSPS) is 10.8. The summed E-state index contributed by atoms with van der Waals surface area (Å²) < 4.78 is 0. The summed E-state index contributed by atoms with van der Waals surface area (Å²) in [7, 11) is 0. The van der Waals surface area contributed by atoms with Gasteiger partial charge in [0, 0.05) is 5.70 Å². The molecule has 50 valence electrons. The summed E-state index contributed by atoms with van der Waals surface area (Å²) in [6.07, 6.45) is 3.96. The van der Waals surface area contributed by atoms with Crippen molar-refractivity contribution in [2.75, 3.05) is 0 Å². The molecular formula is C8H13N. The Morgan fingerprint density at radius 2 is 1.78 bits per heavy atom. The fourth-order valence-corrected chi connectivity index (χ4v) is 0.340. The molecule has 0 saturated carbocycles. The fraction of sp³-hybridized carbons (Fsp3) is 0.375. The van der Waals surface area contributed by atoms with E-state index < -0.39 is 0 Å². The van der Waals surface area contributed by atoms with Gasteiger partial charge in [-0.25, -0.2) is 0 Å². The maximum atomic E-state index is 3.73. The second kappa shape index (κ2) is 4.07. The van der Waals surface area contributed by atoms with Gasteiger partial charge >= 0.3 is 0 Å². The van der Waals surface area contributed by atoms with E-state index in [1.165, 1.54) is 5.57 Å². The summed E-state index contributed by atoms with van der Waals surface area (Å²) >= 11 is 0. The third kappa shape index (κ3) is 5.01. The number of nitrogens with zero attached hydrogens (tertiary/aromatic N) is 1. The van der Waals surface area contributed by atoms with Gasteiger partial charge in [-0.15, -0.1) is 0 Å². The summed E-state index contributed by atoms with van der Waals surface area (Å²) in [5.41, 5.74) is 2.23. The summed E-state index contributed by atoms with van der Waals surface area (Å²) in [6.45, 7) is 9.41. The van der Waals surface area contributed by atoms with Crippen molar-refractivity contribution >= 4 is 6.72 Å². The van der Waals surface area contributed by atoms with Crippen molar-refractivity contribution in [3.05, 3.63) is 23.4 Å². The number of hydrogen-bond donors (Lipinski definition) is 0. The zero-order valence-electron chi connectivity index (χ0n) is 6.31. The Balaban J connectivity index is 3.98. The van der Waals surface area contributed by atoms with Gasteiger partial charge < -0.3 is 0 Å². The predicted octanol–water partition coefficient (Wildman–Crippen LogP) is 2.56. The molecule has 0 unspecified atom stereocenters. The molecule has 0 aliphatic carbocycles. The van der Waals surface area contributed by atoms with Crippen LogP contribution in [0.1, 0.15) is 20.8 Å². The Morgan fingerprint density at radius 1 is 1.22 bits per heavy atom. The van der Waals surface area contributed by atoms with Crippen LogP contribution in [-0.4, -0.2) is 6.72 Å². The van der Waals surface area contributed by atoms with E-state index in [0.717, 1.165) is 5.70 Å². The smallest absolute Gasteiger partial charge is 0.0365 e. The maximum absolute atomic E-state index is 3.73. The van der Waals surface area contributed by atoms with Crippen LogP contribution in [0.3, 0.4) is 0 Å². The van der Waals surface area contributed by atoms with Crippen LogP contribution in [0.4, 0.5) is 0 Å². The van der Waals surface area contributed by atoms with E-state index in [2.05, 4.69) is 11.7 Å². The van der Waals surface area contributed by atoms with Gasteiger partial charge in [-0.2, -0.15) is 0 Å². The van der Waals surface area contributed by atoms with E-state index in [4.69, 9.17) is 0 Å². The van der Waals surface area contributed by atoms with Gasteiger partial charge in [0.1, 0.15) is 0 Å². The summed E-state index contributed by atoms with van der Waals surface area (Å²) in [6, 6.07) is 0. The van der Waals surface area contributed by atoms with Gasteiger partial charge in [0.25, 0.3) is 0 Å². The first-order valence-electron chi connectivity index (χ1n) is 2.95. The highest BCUT2D eigenvalue weighted by molar-refractivity contribution is 5.29. The van der Waals surface area contributed by atoms with Gasteiger partial charge in [0.15, 0.2) is 0 Å². The zero-order chi connectivity index (χ0) is 7.28. The number of rotatable bonds is 2. The van der Waals surface area contributed by atoms with Crippen LogP contribution in [0.5, 0.6) is 0 Å². The summed E-state index contributed by atoms with van der Waals surface area (Å²) in [5, 5.41) is 0. The van der Waals surface area contributed by atoms with Crippen molar-refractivity contribution in [2.45, 2.75) is 20.8 Å². The fourth-order valence-electron chi connectivity index (χ4n) is 0.340. The molecule has 0 aliphatic rings. The molecular weight excluding hydrogens is 110 g/mol. The van der Waals surface area contributed by atoms with Crippen molar-refractivity contribution in [3.8, 4) is 0 Å². The lowest BCUT2D eigenvalue weighted by Crippen LogP contribution is -1.65. The van der Waals surface area contributed by atoms with E-state index in [-0.39, 0.29) is 0 Å². The van der Waals surface area contributed by atoms with Gasteiger partial charge in [0.05, 0.1) is 0 Å². The van der Waals surface area contributed by atoms with Crippen molar-refractivity contribution in [1.82, 2.24) is 0 Å². The average Bonchev–Trinajstić information content (AvgIpc) is 1.83. The van der Waals surface area contributed by atoms with E-state index in [9.17, 15) is 0 Å². The second-order valence-electron chi connectivity index (χ2n) is 2.21. The molecule has 0 aromatic carbocycles. The molecule has 1 nitrogen and oxygen atoms in total. The SMILES string of the molecule is C=NC(C)=CC=C(C)C. The van der Waals surface area contributed by atoms with Crippen molar-refractivity contribution in [2.24, 2.45) is 4.99 Å². The number of hydrogen-bond acceptors (Lipinski definition) is 1. The van der Waals surface area contributed by atoms with E-state index in [1.54, 1.807) is 0 Å². The first-order chi connectivity index (χ1) is 4.16. The Labute approximate surface area is 56.8 Å². The summed E-state index contributed by atoms with van der Waals surface area (Å²) in [4.78, 5) is 3.73. The average molecular weight is 123 g/mol. The monoisotopic (exact) mass is 123 g/mol. The quantitative estimate of drug-likeness (QED) is 0.395. The van der Waals surface area contributed by atoms with Gasteiger partial charge in [-0.1, -0.05) is 11.6 Å². The molecule has 0 saturated heterocycles. The highest BCUT2D eigenvalue weighted by atomic mass is 14.7. The lowest BCUT2D eigenvalue weighted by molar-refractivity contribution is 1.31. The van der Waals surface area contributed by atoms with Crippen LogP contribution >= 0.6 is 0 Å². The molecule has 9 heavy (non-hydrogen) atoms. The van der Waals surface area contributed by atoms with Gasteiger partial charge in [0.2, 0.25) is 0 Å². The molecule has 0 aliphatic heterocycles.